The number of hydrogen-bond acceptors (Lipinski definition) is 7. The van der Waals surface area contributed by atoms with Crippen LogP contribution in [0.1, 0.15) is 48.9 Å². The molecular formula is C24H27F3N4O2S. The molecule has 10 heteroatoms. The molecule has 0 aliphatic heterocycles. The van der Waals surface area contributed by atoms with Gasteiger partial charge in [-0.05, 0) is 80.7 Å². The molecule has 182 valence electrons. The Kier molecular flexibility index (Phi) is 6.93. The molecule has 0 spiro atoms. The molecule has 2 aromatic heterocycles. The van der Waals surface area contributed by atoms with Crippen LogP contribution < -0.4 is 5.32 Å². The standard InChI is InChI=1S/C24H27F3N4O2S/c1-14-9-16(11-18(10-14)30-22-28-8-7-20(31-22)24(25,26)27)19-12-29-21(34-19)23(2,33)17-5-3-15(13-32)4-6-17/h7-12,15,17,32-33H,3-6,13H2,1-2H3,(H,28,30,31). The highest BCUT2D eigenvalue weighted by Gasteiger charge is 2.38. The number of anilines is 2. The fourth-order valence-electron chi connectivity index (χ4n) is 4.43. The second kappa shape index (κ2) is 9.59. The Balaban J connectivity index is 1.55. The lowest BCUT2D eigenvalue weighted by molar-refractivity contribution is -0.141. The van der Waals surface area contributed by atoms with E-state index >= 15 is 0 Å². The van der Waals surface area contributed by atoms with Crippen molar-refractivity contribution in [2.24, 2.45) is 11.8 Å². The number of alkyl halides is 3. The maximum Gasteiger partial charge on any atom is 0.433 e. The highest BCUT2D eigenvalue weighted by Crippen LogP contribution is 2.43. The number of nitrogens with zero attached hydrogens (tertiary/aromatic N) is 3. The summed E-state index contributed by atoms with van der Waals surface area (Å²) in [5.41, 5.74) is 0.202. The summed E-state index contributed by atoms with van der Waals surface area (Å²) in [6.07, 6.45) is 1.68. The summed E-state index contributed by atoms with van der Waals surface area (Å²) >= 11 is 1.40. The molecule has 34 heavy (non-hydrogen) atoms. The predicted octanol–water partition coefficient (Wildman–Crippen LogP) is 5.68. The number of aryl methyl sites for hydroxylation is 1. The monoisotopic (exact) mass is 492 g/mol. The van der Waals surface area contributed by atoms with E-state index in [4.69, 9.17) is 0 Å². The summed E-state index contributed by atoms with van der Waals surface area (Å²) in [6.45, 7) is 3.87. The van der Waals surface area contributed by atoms with Crippen LogP contribution in [0.5, 0.6) is 0 Å². The number of aromatic nitrogens is 3. The average molecular weight is 493 g/mol. The van der Waals surface area contributed by atoms with Crippen molar-refractivity contribution in [1.82, 2.24) is 15.0 Å². The van der Waals surface area contributed by atoms with Crippen molar-refractivity contribution in [3.63, 3.8) is 0 Å². The molecule has 3 N–H and O–H groups in total. The van der Waals surface area contributed by atoms with Gasteiger partial charge in [-0.25, -0.2) is 15.0 Å². The first-order valence-electron chi connectivity index (χ1n) is 11.1. The molecule has 1 aromatic carbocycles. The molecule has 6 nitrogen and oxygen atoms in total. The van der Waals surface area contributed by atoms with E-state index in [-0.39, 0.29) is 18.5 Å². The van der Waals surface area contributed by atoms with Crippen molar-refractivity contribution in [3.8, 4) is 10.4 Å². The predicted molar refractivity (Wildman–Crippen MR) is 125 cm³/mol. The topological polar surface area (TPSA) is 91.2 Å². The van der Waals surface area contributed by atoms with Crippen molar-refractivity contribution in [2.75, 3.05) is 11.9 Å². The van der Waals surface area contributed by atoms with Crippen LogP contribution in [0.15, 0.2) is 36.7 Å². The number of halogens is 3. The van der Waals surface area contributed by atoms with E-state index in [1.165, 1.54) is 11.3 Å². The average Bonchev–Trinajstić information content (AvgIpc) is 3.30. The molecule has 1 aliphatic rings. The lowest BCUT2D eigenvalue weighted by Crippen LogP contribution is -2.35. The first-order chi connectivity index (χ1) is 16.1. The molecule has 1 aliphatic carbocycles. The van der Waals surface area contributed by atoms with Gasteiger partial charge in [0.25, 0.3) is 0 Å². The first-order valence-corrected chi connectivity index (χ1v) is 12.0. The Labute approximate surface area is 199 Å². The van der Waals surface area contributed by atoms with Gasteiger partial charge in [0.15, 0.2) is 0 Å². The maximum absolute atomic E-state index is 13.0. The Hall–Kier alpha value is -2.56. The molecule has 0 saturated heterocycles. The summed E-state index contributed by atoms with van der Waals surface area (Å²) < 4.78 is 38.9. The van der Waals surface area contributed by atoms with Gasteiger partial charge in [-0.3, -0.25) is 0 Å². The molecule has 3 aromatic rings. The van der Waals surface area contributed by atoms with E-state index in [0.717, 1.165) is 54.0 Å². The van der Waals surface area contributed by atoms with Gasteiger partial charge in [-0.2, -0.15) is 13.2 Å². The molecule has 0 radical (unpaired) electrons. The summed E-state index contributed by atoms with van der Waals surface area (Å²) in [5.74, 6) is 0.234. The zero-order chi connectivity index (χ0) is 24.5. The number of aliphatic hydroxyl groups is 2. The molecule has 0 amide bonds. The lowest BCUT2D eigenvalue weighted by atomic mass is 9.74. The SMILES string of the molecule is Cc1cc(Nc2nccc(C(F)(F)F)n2)cc(-c2cnc(C(C)(O)C3CCC(CO)CC3)s2)c1. The largest absolute Gasteiger partial charge is 0.433 e. The minimum Gasteiger partial charge on any atom is -0.396 e. The Morgan fingerprint density at radius 3 is 2.53 bits per heavy atom. The number of nitrogens with one attached hydrogen (secondary N) is 1. The summed E-state index contributed by atoms with van der Waals surface area (Å²) in [7, 11) is 0. The smallest absolute Gasteiger partial charge is 0.396 e. The van der Waals surface area contributed by atoms with E-state index in [2.05, 4.69) is 20.3 Å². The van der Waals surface area contributed by atoms with Gasteiger partial charge in [0.2, 0.25) is 5.95 Å². The maximum atomic E-state index is 13.0. The van der Waals surface area contributed by atoms with E-state index in [0.29, 0.717) is 16.6 Å². The van der Waals surface area contributed by atoms with Gasteiger partial charge in [-0.15, -0.1) is 11.3 Å². The highest BCUT2D eigenvalue weighted by molar-refractivity contribution is 7.15. The lowest BCUT2D eigenvalue weighted by Gasteiger charge is -2.36. The molecule has 1 unspecified atom stereocenters. The fourth-order valence-corrected chi connectivity index (χ4v) is 5.45. The van der Waals surface area contributed by atoms with Crippen LogP contribution in [0.4, 0.5) is 24.8 Å². The second-order valence-electron chi connectivity index (χ2n) is 9.05. The minimum atomic E-state index is -4.55. The Morgan fingerprint density at radius 2 is 1.85 bits per heavy atom. The third-order valence-corrected chi connectivity index (χ3v) is 7.68. The Bertz CT molecular complexity index is 1140. The van der Waals surface area contributed by atoms with Crippen LogP contribution >= 0.6 is 11.3 Å². The molecule has 1 saturated carbocycles. The van der Waals surface area contributed by atoms with E-state index in [1.807, 2.05) is 13.0 Å². The van der Waals surface area contributed by atoms with Crippen molar-refractivity contribution >= 4 is 23.0 Å². The van der Waals surface area contributed by atoms with Crippen LogP contribution in [-0.2, 0) is 11.8 Å². The third-order valence-electron chi connectivity index (χ3n) is 6.40. The van der Waals surface area contributed by atoms with Crippen molar-refractivity contribution in [2.45, 2.75) is 51.3 Å². The fraction of sp³-hybridized carbons (Fsp3) is 0.458. The second-order valence-corrected chi connectivity index (χ2v) is 10.1. The van der Waals surface area contributed by atoms with Gasteiger partial charge >= 0.3 is 6.18 Å². The van der Waals surface area contributed by atoms with Gasteiger partial charge in [0, 0.05) is 24.7 Å². The molecule has 4 rings (SSSR count). The summed E-state index contributed by atoms with van der Waals surface area (Å²) in [4.78, 5) is 12.8. The highest BCUT2D eigenvalue weighted by atomic mass is 32.1. The molecule has 1 atom stereocenters. The molecule has 0 bridgehead atoms. The van der Waals surface area contributed by atoms with E-state index in [1.54, 1.807) is 25.3 Å². The molecular weight excluding hydrogens is 465 g/mol. The zero-order valence-electron chi connectivity index (χ0n) is 18.9. The van der Waals surface area contributed by atoms with Gasteiger partial charge in [-0.1, -0.05) is 6.07 Å². The molecule has 2 heterocycles. The minimum absolute atomic E-state index is 0.0714. The van der Waals surface area contributed by atoms with Gasteiger partial charge in [0.1, 0.15) is 16.3 Å². The summed E-state index contributed by atoms with van der Waals surface area (Å²) in [6, 6.07) is 6.38. The van der Waals surface area contributed by atoms with Gasteiger partial charge in [0.05, 0.1) is 4.88 Å². The van der Waals surface area contributed by atoms with Crippen LogP contribution in [0.25, 0.3) is 10.4 Å². The van der Waals surface area contributed by atoms with Crippen molar-refractivity contribution < 1.29 is 23.4 Å². The number of benzene rings is 1. The van der Waals surface area contributed by atoms with Crippen molar-refractivity contribution in [3.05, 3.63) is 52.9 Å². The van der Waals surface area contributed by atoms with Crippen LogP contribution in [0.3, 0.4) is 0 Å². The third kappa shape index (κ3) is 5.39. The number of hydrogen-bond donors (Lipinski definition) is 3. The van der Waals surface area contributed by atoms with Crippen molar-refractivity contribution in [1.29, 1.82) is 0 Å². The summed E-state index contributed by atoms with van der Waals surface area (Å²) in [5, 5.41) is 24.2. The van der Waals surface area contributed by atoms with Crippen LogP contribution in [0, 0.1) is 18.8 Å². The van der Waals surface area contributed by atoms with E-state index in [9.17, 15) is 23.4 Å². The zero-order valence-corrected chi connectivity index (χ0v) is 19.7. The van der Waals surface area contributed by atoms with Crippen LogP contribution in [0.2, 0.25) is 0 Å². The number of rotatable bonds is 6. The first kappa shape index (κ1) is 24.6. The van der Waals surface area contributed by atoms with Gasteiger partial charge < -0.3 is 15.5 Å². The normalized spacial score (nSPS) is 20.7. The number of aliphatic hydroxyl groups excluding tert-OH is 1. The Morgan fingerprint density at radius 1 is 1.12 bits per heavy atom. The van der Waals surface area contributed by atoms with E-state index < -0.39 is 17.5 Å². The quantitative estimate of drug-likeness (QED) is 0.410. The number of thiazole rings is 1. The molecule has 1 fully saturated rings. The van der Waals surface area contributed by atoms with Crippen LogP contribution in [-0.4, -0.2) is 31.8 Å².